The number of amides is 1. The summed E-state index contributed by atoms with van der Waals surface area (Å²) in [6.07, 6.45) is 2.24. The van der Waals surface area contributed by atoms with Crippen LogP contribution in [-0.4, -0.2) is 16.9 Å². The van der Waals surface area contributed by atoms with Gasteiger partial charge >= 0.3 is 0 Å². The predicted octanol–water partition coefficient (Wildman–Crippen LogP) is 2.74. The van der Waals surface area contributed by atoms with Crippen LogP contribution in [0.1, 0.15) is 5.56 Å². The van der Waals surface area contributed by atoms with Gasteiger partial charge in [0, 0.05) is 11.6 Å². The first-order chi connectivity index (χ1) is 10.7. The molecule has 1 unspecified atom stereocenters. The molecule has 1 heterocycles. The third-order valence-corrected chi connectivity index (χ3v) is 3.54. The van der Waals surface area contributed by atoms with E-state index in [4.69, 9.17) is 5.73 Å². The van der Waals surface area contributed by atoms with Gasteiger partial charge in [0.05, 0.1) is 17.2 Å². The van der Waals surface area contributed by atoms with Crippen molar-refractivity contribution in [3.8, 4) is 0 Å². The maximum absolute atomic E-state index is 12.3. The van der Waals surface area contributed by atoms with Crippen LogP contribution < -0.4 is 11.1 Å². The van der Waals surface area contributed by atoms with E-state index in [1.54, 1.807) is 6.20 Å². The van der Waals surface area contributed by atoms with E-state index in [-0.39, 0.29) is 5.91 Å². The van der Waals surface area contributed by atoms with Crippen molar-refractivity contribution in [1.82, 2.24) is 4.98 Å². The van der Waals surface area contributed by atoms with Crippen LogP contribution in [0.2, 0.25) is 0 Å². The number of carbonyl (C=O) groups is 1. The zero-order valence-electron chi connectivity index (χ0n) is 12.1. The normalized spacial score (nSPS) is 12.0. The molecule has 0 aliphatic rings. The van der Waals surface area contributed by atoms with Gasteiger partial charge < -0.3 is 11.1 Å². The summed E-state index contributed by atoms with van der Waals surface area (Å²) in [5, 5.41) is 3.81. The minimum absolute atomic E-state index is 0.194. The van der Waals surface area contributed by atoms with Crippen LogP contribution in [0, 0.1) is 0 Å². The Morgan fingerprint density at radius 1 is 1.05 bits per heavy atom. The van der Waals surface area contributed by atoms with Gasteiger partial charge in [0.25, 0.3) is 0 Å². The number of hydrogen-bond donors (Lipinski definition) is 2. The summed E-state index contributed by atoms with van der Waals surface area (Å²) >= 11 is 0. The fourth-order valence-electron chi connectivity index (χ4n) is 2.40. The molecule has 3 N–H and O–H groups in total. The van der Waals surface area contributed by atoms with Gasteiger partial charge in [-0.05, 0) is 36.2 Å². The SMILES string of the molecule is NC(Cc1ccccc1)C(=O)Nc1cccc2ncccc12. The molecule has 1 atom stereocenters. The molecule has 0 radical (unpaired) electrons. The monoisotopic (exact) mass is 291 g/mol. The third-order valence-electron chi connectivity index (χ3n) is 3.54. The number of rotatable bonds is 4. The van der Waals surface area contributed by atoms with E-state index in [2.05, 4.69) is 10.3 Å². The number of nitrogens with zero attached hydrogens (tertiary/aromatic N) is 1. The first-order valence-electron chi connectivity index (χ1n) is 7.18. The second kappa shape index (κ2) is 6.37. The summed E-state index contributed by atoms with van der Waals surface area (Å²) in [6.45, 7) is 0. The predicted molar refractivity (Wildman–Crippen MR) is 88.5 cm³/mol. The zero-order chi connectivity index (χ0) is 15.4. The van der Waals surface area contributed by atoms with Crippen molar-refractivity contribution in [3.63, 3.8) is 0 Å². The molecular weight excluding hydrogens is 274 g/mol. The molecule has 110 valence electrons. The first-order valence-corrected chi connectivity index (χ1v) is 7.18. The minimum atomic E-state index is -0.589. The van der Waals surface area contributed by atoms with Crippen LogP contribution >= 0.6 is 0 Å². The van der Waals surface area contributed by atoms with Gasteiger partial charge in [-0.1, -0.05) is 36.4 Å². The summed E-state index contributed by atoms with van der Waals surface area (Å²) in [6, 6.07) is 18.6. The molecular formula is C18H17N3O. The highest BCUT2D eigenvalue weighted by atomic mass is 16.2. The van der Waals surface area contributed by atoms with E-state index < -0.39 is 6.04 Å². The van der Waals surface area contributed by atoms with Crippen molar-refractivity contribution in [3.05, 3.63) is 72.4 Å². The van der Waals surface area contributed by atoms with Crippen molar-refractivity contribution in [1.29, 1.82) is 0 Å². The van der Waals surface area contributed by atoms with Crippen molar-refractivity contribution in [2.24, 2.45) is 5.73 Å². The number of pyridine rings is 1. The lowest BCUT2D eigenvalue weighted by Crippen LogP contribution is -2.37. The van der Waals surface area contributed by atoms with E-state index in [0.717, 1.165) is 22.2 Å². The summed E-state index contributed by atoms with van der Waals surface area (Å²) in [5.41, 5.74) is 8.64. The molecule has 0 bridgehead atoms. The molecule has 0 aliphatic carbocycles. The van der Waals surface area contributed by atoms with Gasteiger partial charge in [-0.2, -0.15) is 0 Å². The molecule has 1 amide bonds. The lowest BCUT2D eigenvalue weighted by molar-refractivity contribution is -0.117. The van der Waals surface area contributed by atoms with Crippen LogP contribution in [0.4, 0.5) is 5.69 Å². The molecule has 3 rings (SSSR count). The highest BCUT2D eigenvalue weighted by Crippen LogP contribution is 2.21. The average Bonchev–Trinajstić information content (AvgIpc) is 2.56. The lowest BCUT2D eigenvalue weighted by Gasteiger charge is -2.13. The molecule has 0 aliphatic heterocycles. The van der Waals surface area contributed by atoms with Gasteiger partial charge in [0.15, 0.2) is 0 Å². The topological polar surface area (TPSA) is 68.0 Å². The Morgan fingerprint density at radius 3 is 2.68 bits per heavy atom. The zero-order valence-corrected chi connectivity index (χ0v) is 12.1. The molecule has 0 saturated heterocycles. The maximum Gasteiger partial charge on any atom is 0.241 e. The van der Waals surface area contributed by atoms with Crippen LogP contribution in [0.3, 0.4) is 0 Å². The Bertz CT molecular complexity index is 781. The van der Waals surface area contributed by atoms with E-state index in [1.165, 1.54) is 0 Å². The van der Waals surface area contributed by atoms with Crippen molar-refractivity contribution in [2.45, 2.75) is 12.5 Å². The molecule has 0 fully saturated rings. The van der Waals surface area contributed by atoms with Gasteiger partial charge in [0.1, 0.15) is 0 Å². The molecule has 3 aromatic rings. The van der Waals surface area contributed by atoms with Gasteiger partial charge in [0.2, 0.25) is 5.91 Å². The standard InChI is InChI=1S/C18H17N3O/c19-15(12-13-6-2-1-3-7-13)18(22)21-17-10-4-9-16-14(17)8-5-11-20-16/h1-11,15H,12,19H2,(H,21,22). The Hall–Kier alpha value is -2.72. The average molecular weight is 291 g/mol. The van der Waals surface area contributed by atoms with Gasteiger partial charge in [-0.3, -0.25) is 9.78 Å². The third kappa shape index (κ3) is 3.13. The Balaban J connectivity index is 1.75. The van der Waals surface area contributed by atoms with E-state index >= 15 is 0 Å². The molecule has 2 aromatic carbocycles. The van der Waals surface area contributed by atoms with Crippen molar-refractivity contribution >= 4 is 22.5 Å². The van der Waals surface area contributed by atoms with Gasteiger partial charge in [-0.25, -0.2) is 0 Å². The van der Waals surface area contributed by atoms with Crippen molar-refractivity contribution in [2.75, 3.05) is 5.32 Å². The van der Waals surface area contributed by atoms with E-state index in [0.29, 0.717) is 6.42 Å². The van der Waals surface area contributed by atoms with E-state index in [9.17, 15) is 4.79 Å². The Labute approximate surface area is 129 Å². The van der Waals surface area contributed by atoms with Crippen LogP contribution in [0.15, 0.2) is 66.9 Å². The maximum atomic E-state index is 12.3. The number of aromatic nitrogens is 1. The fraction of sp³-hybridized carbons (Fsp3) is 0.111. The minimum Gasteiger partial charge on any atom is -0.324 e. The summed E-state index contributed by atoms with van der Waals surface area (Å²) in [5.74, 6) is -0.194. The molecule has 22 heavy (non-hydrogen) atoms. The molecule has 4 nitrogen and oxygen atoms in total. The second-order valence-corrected chi connectivity index (χ2v) is 5.16. The van der Waals surface area contributed by atoms with Gasteiger partial charge in [-0.15, -0.1) is 0 Å². The number of nitrogens with two attached hydrogens (primary N) is 1. The Kier molecular flexibility index (Phi) is 4.12. The fourth-order valence-corrected chi connectivity index (χ4v) is 2.40. The van der Waals surface area contributed by atoms with E-state index in [1.807, 2.05) is 60.7 Å². The molecule has 0 spiro atoms. The second-order valence-electron chi connectivity index (χ2n) is 5.16. The smallest absolute Gasteiger partial charge is 0.241 e. The first kappa shape index (κ1) is 14.2. The van der Waals surface area contributed by atoms with Crippen LogP contribution in [-0.2, 0) is 11.2 Å². The van der Waals surface area contributed by atoms with Crippen LogP contribution in [0.25, 0.3) is 10.9 Å². The van der Waals surface area contributed by atoms with Crippen molar-refractivity contribution < 1.29 is 4.79 Å². The largest absolute Gasteiger partial charge is 0.324 e. The summed E-state index contributed by atoms with van der Waals surface area (Å²) in [4.78, 5) is 16.6. The quantitative estimate of drug-likeness (QED) is 0.776. The summed E-state index contributed by atoms with van der Waals surface area (Å²) < 4.78 is 0. The molecule has 1 aromatic heterocycles. The molecule has 0 saturated carbocycles. The number of anilines is 1. The number of hydrogen-bond acceptors (Lipinski definition) is 3. The van der Waals surface area contributed by atoms with Crippen LogP contribution in [0.5, 0.6) is 0 Å². The highest BCUT2D eigenvalue weighted by Gasteiger charge is 2.15. The number of nitrogens with one attached hydrogen (secondary N) is 1. The number of carbonyl (C=O) groups excluding carboxylic acids is 1. The number of benzene rings is 2. The summed E-state index contributed by atoms with van der Waals surface area (Å²) in [7, 11) is 0. The number of fused-ring (bicyclic) bond motifs is 1. The Morgan fingerprint density at radius 2 is 1.86 bits per heavy atom. The highest BCUT2D eigenvalue weighted by molar-refractivity contribution is 6.02. The lowest BCUT2D eigenvalue weighted by atomic mass is 10.1. The molecule has 4 heteroatoms.